The average molecular weight is 841 g/mol. The first-order valence-electron chi connectivity index (χ1n) is 23.6. The van der Waals surface area contributed by atoms with Gasteiger partial charge in [0.25, 0.3) is 0 Å². The van der Waals surface area contributed by atoms with Gasteiger partial charge < -0.3 is 24.6 Å². The van der Waals surface area contributed by atoms with Crippen molar-refractivity contribution in [1.82, 2.24) is 0 Å². The molecule has 0 aliphatic carbocycles. The van der Waals surface area contributed by atoms with E-state index in [1.54, 1.807) is 0 Å². The van der Waals surface area contributed by atoms with Crippen LogP contribution in [0.4, 0.5) is 0 Å². The quantitative estimate of drug-likeness (QED) is 0.0237. The third-order valence-electron chi connectivity index (χ3n) is 10.0. The summed E-state index contributed by atoms with van der Waals surface area (Å²) in [5, 5.41) is 18.4. The summed E-state index contributed by atoms with van der Waals surface area (Å²) in [6.45, 7) is 3.47. The second-order valence-corrected chi connectivity index (χ2v) is 17.2. The van der Waals surface area contributed by atoms with E-state index in [0.717, 1.165) is 57.8 Å². The van der Waals surface area contributed by atoms with Gasteiger partial charge >= 0.3 is 13.8 Å². The van der Waals surface area contributed by atoms with E-state index in [9.17, 15) is 19.4 Å². The van der Waals surface area contributed by atoms with Crippen LogP contribution in [0.25, 0.3) is 0 Å². The normalized spacial score (nSPS) is 14.4. The Morgan fingerprint density at radius 3 is 1.41 bits per heavy atom. The number of esters is 1. The number of phosphoric ester groups is 1. The molecular formula is C48H89O9P. The fourth-order valence-corrected chi connectivity index (χ4v) is 7.19. The number of ether oxygens (including phenoxy) is 2. The highest BCUT2D eigenvalue weighted by atomic mass is 31.2. The molecule has 58 heavy (non-hydrogen) atoms. The molecule has 0 spiro atoms. The van der Waals surface area contributed by atoms with Gasteiger partial charge in [0.15, 0.2) is 0 Å². The number of aliphatic hydroxyl groups is 2. The van der Waals surface area contributed by atoms with Crippen molar-refractivity contribution < 1.29 is 43.0 Å². The lowest BCUT2D eigenvalue weighted by atomic mass is 10.0. The number of aliphatic hydroxyl groups excluding tert-OH is 2. The lowest BCUT2D eigenvalue weighted by Crippen LogP contribution is -2.29. The van der Waals surface area contributed by atoms with Crippen molar-refractivity contribution in [2.45, 2.75) is 219 Å². The van der Waals surface area contributed by atoms with E-state index in [1.807, 2.05) is 0 Å². The molecule has 340 valence electrons. The largest absolute Gasteiger partial charge is 0.472 e. The van der Waals surface area contributed by atoms with Crippen molar-refractivity contribution >= 4 is 13.8 Å². The van der Waals surface area contributed by atoms with Crippen molar-refractivity contribution in [3.8, 4) is 0 Å². The zero-order valence-electron chi connectivity index (χ0n) is 37.3. The molecule has 0 radical (unpaired) electrons. The second-order valence-electron chi connectivity index (χ2n) is 15.8. The average Bonchev–Trinajstić information content (AvgIpc) is 3.21. The zero-order valence-corrected chi connectivity index (χ0v) is 38.2. The maximum absolute atomic E-state index is 12.6. The van der Waals surface area contributed by atoms with E-state index in [-0.39, 0.29) is 19.6 Å². The molecule has 0 aliphatic heterocycles. The lowest BCUT2D eigenvalue weighted by molar-refractivity contribution is -0.154. The molecule has 0 aliphatic rings. The van der Waals surface area contributed by atoms with Crippen LogP contribution >= 0.6 is 7.82 Å². The highest BCUT2D eigenvalue weighted by Gasteiger charge is 2.26. The van der Waals surface area contributed by atoms with Crippen LogP contribution in [0.15, 0.2) is 48.6 Å². The van der Waals surface area contributed by atoms with E-state index < -0.39 is 39.2 Å². The highest BCUT2D eigenvalue weighted by Crippen LogP contribution is 2.43. The van der Waals surface area contributed by atoms with Crippen LogP contribution in [0.5, 0.6) is 0 Å². The maximum Gasteiger partial charge on any atom is 0.472 e. The number of allylic oxidation sites excluding steroid dienone is 8. The van der Waals surface area contributed by atoms with E-state index in [4.69, 9.17) is 23.6 Å². The Labute approximate surface area is 356 Å². The van der Waals surface area contributed by atoms with Crippen molar-refractivity contribution in [2.75, 3.05) is 33.0 Å². The first kappa shape index (κ1) is 56.4. The Morgan fingerprint density at radius 1 is 0.534 bits per heavy atom. The smallest absolute Gasteiger partial charge is 0.457 e. The molecule has 0 rings (SSSR count). The monoisotopic (exact) mass is 841 g/mol. The minimum absolute atomic E-state index is 0.0377. The molecule has 0 saturated carbocycles. The molecule has 0 aromatic carbocycles. The van der Waals surface area contributed by atoms with Crippen molar-refractivity contribution in [1.29, 1.82) is 0 Å². The number of carbonyl (C=O) groups excluding carboxylic acids is 1. The first-order valence-corrected chi connectivity index (χ1v) is 25.1. The molecule has 10 heteroatoms. The number of unbranched alkanes of at least 4 members (excludes halogenated alkanes) is 23. The van der Waals surface area contributed by atoms with E-state index >= 15 is 0 Å². The fourth-order valence-electron chi connectivity index (χ4n) is 6.40. The van der Waals surface area contributed by atoms with Crippen LogP contribution < -0.4 is 0 Å². The Bertz CT molecular complexity index is 1040. The van der Waals surface area contributed by atoms with Gasteiger partial charge in [0.05, 0.1) is 26.4 Å². The molecule has 0 fully saturated rings. The molecule has 1 unspecified atom stereocenters. The Kier molecular flexibility index (Phi) is 43.7. The minimum atomic E-state index is -4.53. The molecule has 0 aromatic heterocycles. The third-order valence-corrected chi connectivity index (χ3v) is 11.0. The standard InChI is InChI=1S/C48H89O9P/c1-3-5-7-9-11-13-15-17-19-21-23-24-26-28-30-32-34-36-38-40-48(51)57-47(45-56-58(52,53)55-43-46(50)42-49)44-54-41-39-37-35-33-31-29-27-25-22-20-18-16-14-12-10-8-6-4-2/h11,13,17,19,23-24,28,30,46-47,49-50H,3-10,12,14-16,18,20-22,25-27,29,31-45H2,1-2H3,(H,52,53)/b13-11-,19-17-,24-23-,30-28-/t46-,47+/m0/s1. The van der Waals surface area contributed by atoms with Crippen LogP contribution in [0.1, 0.15) is 206 Å². The molecule has 9 nitrogen and oxygen atoms in total. The highest BCUT2D eigenvalue weighted by molar-refractivity contribution is 7.47. The summed E-state index contributed by atoms with van der Waals surface area (Å²) in [6.07, 6.45) is 50.7. The SMILES string of the molecule is CCCCC/C=C\C/C=C\C/C=C\C/C=C\CCCCCC(=O)O[C@H](COCCCCCCCCCCCCCCCCCCCC)COP(=O)(O)OC[C@@H](O)CO. The number of carbonyl (C=O) groups is 1. The lowest BCUT2D eigenvalue weighted by Gasteiger charge is -2.20. The molecule has 3 atom stereocenters. The molecule has 0 heterocycles. The van der Waals surface area contributed by atoms with E-state index in [2.05, 4.69) is 62.5 Å². The van der Waals surface area contributed by atoms with Crippen LogP contribution in [0.2, 0.25) is 0 Å². The predicted molar refractivity (Wildman–Crippen MR) is 242 cm³/mol. The van der Waals surface area contributed by atoms with Gasteiger partial charge in [-0.05, 0) is 57.8 Å². The van der Waals surface area contributed by atoms with Gasteiger partial charge in [-0.25, -0.2) is 4.57 Å². The van der Waals surface area contributed by atoms with Crippen molar-refractivity contribution in [3.05, 3.63) is 48.6 Å². The molecule has 0 bridgehead atoms. The number of rotatable bonds is 45. The van der Waals surface area contributed by atoms with Gasteiger partial charge in [-0.2, -0.15) is 0 Å². The van der Waals surface area contributed by atoms with Crippen molar-refractivity contribution in [2.24, 2.45) is 0 Å². The molecular weight excluding hydrogens is 751 g/mol. The summed E-state index contributed by atoms with van der Waals surface area (Å²) in [4.78, 5) is 22.6. The number of hydrogen-bond donors (Lipinski definition) is 3. The summed E-state index contributed by atoms with van der Waals surface area (Å²) < 4.78 is 33.4. The summed E-state index contributed by atoms with van der Waals surface area (Å²) in [7, 11) is -4.53. The Hall–Kier alpha value is -1.58. The van der Waals surface area contributed by atoms with Gasteiger partial charge in [0.2, 0.25) is 0 Å². The van der Waals surface area contributed by atoms with Gasteiger partial charge in [-0.3, -0.25) is 13.8 Å². The minimum Gasteiger partial charge on any atom is -0.457 e. The molecule has 3 N–H and O–H groups in total. The third kappa shape index (κ3) is 44.0. The predicted octanol–water partition coefficient (Wildman–Crippen LogP) is 13.4. The Balaban J connectivity index is 4.18. The van der Waals surface area contributed by atoms with Gasteiger partial charge in [0, 0.05) is 13.0 Å². The summed E-state index contributed by atoms with van der Waals surface area (Å²) in [5.74, 6) is -0.410. The van der Waals surface area contributed by atoms with Crippen molar-refractivity contribution in [3.63, 3.8) is 0 Å². The summed E-state index contributed by atoms with van der Waals surface area (Å²) in [5.41, 5.74) is 0. The maximum atomic E-state index is 12.6. The Morgan fingerprint density at radius 2 is 0.931 bits per heavy atom. The van der Waals surface area contributed by atoms with Crippen LogP contribution in [-0.2, 0) is 27.9 Å². The summed E-state index contributed by atoms with van der Waals surface area (Å²) in [6, 6.07) is 0. The second kappa shape index (κ2) is 45.0. The molecule has 0 amide bonds. The van der Waals surface area contributed by atoms with E-state index in [0.29, 0.717) is 13.0 Å². The zero-order chi connectivity index (χ0) is 42.5. The van der Waals surface area contributed by atoms with Gasteiger partial charge in [-0.1, -0.05) is 191 Å². The van der Waals surface area contributed by atoms with Gasteiger partial charge in [-0.15, -0.1) is 0 Å². The molecule has 0 aromatic rings. The van der Waals surface area contributed by atoms with Crippen LogP contribution in [0.3, 0.4) is 0 Å². The fraction of sp³-hybridized carbons (Fsp3) is 0.812. The van der Waals surface area contributed by atoms with Crippen LogP contribution in [0, 0.1) is 0 Å². The number of phosphoric acid groups is 1. The van der Waals surface area contributed by atoms with E-state index in [1.165, 1.54) is 122 Å². The van der Waals surface area contributed by atoms with Gasteiger partial charge in [0.1, 0.15) is 12.2 Å². The number of hydrogen-bond acceptors (Lipinski definition) is 8. The topological polar surface area (TPSA) is 132 Å². The van der Waals surface area contributed by atoms with Crippen LogP contribution in [-0.4, -0.2) is 66.3 Å². The summed E-state index contributed by atoms with van der Waals surface area (Å²) >= 11 is 0. The first-order chi connectivity index (χ1) is 28.3. The molecule has 0 saturated heterocycles.